The van der Waals surface area contributed by atoms with Crippen LogP contribution in [-0.4, -0.2) is 17.0 Å². The van der Waals surface area contributed by atoms with Crippen LogP contribution in [0.2, 0.25) is 0 Å². The molecule has 0 unspecified atom stereocenters. The molecule has 1 N–H and O–H groups in total. The summed E-state index contributed by atoms with van der Waals surface area (Å²) in [6, 6.07) is 0. The van der Waals surface area contributed by atoms with Gasteiger partial charge in [0.05, 0.1) is 6.10 Å². The van der Waals surface area contributed by atoms with E-state index in [1.165, 1.54) is 5.57 Å². The number of allylic oxidation sites excluding steroid dienone is 3. The van der Waals surface area contributed by atoms with Gasteiger partial charge in [-0.3, -0.25) is 4.79 Å². The van der Waals surface area contributed by atoms with Gasteiger partial charge in [-0.1, -0.05) is 18.6 Å². The van der Waals surface area contributed by atoms with Crippen LogP contribution in [0.25, 0.3) is 0 Å². The summed E-state index contributed by atoms with van der Waals surface area (Å²) in [6.45, 7) is 8.11. The van der Waals surface area contributed by atoms with Gasteiger partial charge in [-0.25, -0.2) is 0 Å². The third-order valence-corrected chi connectivity index (χ3v) is 3.63. The molecule has 1 aliphatic rings. The minimum absolute atomic E-state index is 0.0942. The zero-order valence-corrected chi connectivity index (χ0v) is 11.4. The molecule has 0 radical (unpaired) electrons. The topological polar surface area (TPSA) is 37.3 Å². The summed E-state index contributed by atoms with van der Waals surface area (Å²) in [5.74, 6) is 0.667. The van der Waals surface area contributed by atoms with Gasteiger partial charge in [-0.05, 0) is 57.1 Å². The number of Topliss-reactive ketones (excluding diaryl/α,β-unsaturated/α-hetero) is 1. The highest BCUT2D eigenvalue weighted by Crippen LogP contribution is 2.30. The van der Waals surface area contributed by atoms with Crippen molar-refractivity contribution in [3.63, 3.8) is 0 Å². The second-order valence-corrected chi connectivity index (χ2v) is 5.47. The van der Waals surface area contributed by atoms with E-state index in [1.807, 2.05) is 0 Å². The van der Waals surface area contributed by atoms with Crippen molar-refractivity contribution >= 4 is 5.78 Å². The van der Waals surface area contributed by atoms with Crippen molar-refractivity contribution in [2.24, 2.45) is 11.8 Å². The molecule has 96 valence electrons. The zero-order chi connectivity index (χ0) is 13.0. The summed E-state index contributed by atoms with van der Waals surface area (Å²) < 4.78 is 0. The smallest absolute Gasteiger partial charge is 0.158 e. The first-order valence-electron chi connectivity index (χ1n) is 6.45. The molecule has 0 bridgehead atoms. The summed E-state index contributed by atoms with van der Waals surface area (Å²) in [5, 5.41) is 9.99. The first-order valence-corrected chi connectivity index (χ1v) is 6.45. The highest BCUT2D eigenvalue weighted by Gasteiger charge is 2.30. The maximum absolute atomic E-state index is 11.6. The highest BCUT2D eigenvalue weighted by molar-refractivity contribution is 5.95. The molecule has 0 fully saturated rings. The van der Waals surface area contributed by atoms with Gasteiger partial charge in [0.15, 0.2) is 5.78 Å². The van der Waals surface area contributed by atoms with Crippen LogP contribution in [-0.2, 0) is 4.79 Å². The molecule has 17 heavy (non-hydrogen) atoms. The Hall–Kier alpha value is -0.890. The monoisotopic (exact) mass is 236 g/mol. The van der Waals surface area contributed by atoms with E-state index in [-0.39, 0.29) is 11.7 Å². The average Bonchev–Trinajstić information content (AvgIpc) is 2.22. The number of carbonyl (C=O) groups is 1. The Morgan fingerprint density at radius 1 is 1.59 bits per heavy atom. The Kier molecular flexibility index (Phi) is 5.13. The third kappa shape index (κ3) is 4.12. The maximum atomic E-state index is 11.6. The minimum atomic E-state index is -0.450. The number of aliphatic hydroxyl groups is 1. The van der Waals surface area contributed by atoms with E-state index in [1.54, 1.807) is 13.0 Å². The largest absolute Gasteiger partial charge is 0.389 e. The van der Waals surface area contributed by atoms with Crippen LogP contribution in [0, 0.1) is 11.8 Å². The fourth-order valence-electron chi connectivity index (χ4n) is 2.36. The molecule has 2 nitrogen and oxygen atoms in total. The molecule has 2 heteroatoms. The van der Waals surface area contributed by atoms with Crippen LogP contribution in [0.15, 0.2) is 23.3 Å². The second-order valence-electron chi connectivity index (χ2n) is 5.47. The number of aliphatic hydroxyl groups excluding tert-OH is 1. The van der Waals surface area contributed by atoms with Gasteiger partial charge in [-0.15, -0.1) is 0 Å². The Morgan fingerprint density at radius 2 is 2.24 bits per heavy atom. The summed E-state index contributed by atoms with van der Waals surface area (Å²) in [4.78, 5) is 11.6. The number of ketones is 1. The highest BCUT2D eigenvalue weighted by atomic mass is 16.3. The van der Waals surface area contributed by atoms with E-state index >= 15 is 0 Å². The molecule has 3 atom stereocenters. The van der Waals surface area contributed by atoms with Crippen LogP contribution in [0.3, 0.4) is 0 Å². The van der Waals surface area contributed by atoms with Crippen molar-refractivity contribution in [3.05, 3.63) is 23.3 Å². The molecular weight excluding hydrogens is 212 g/mol. The zero-order valence-electron chi connectivity index (χ0n) is 11.4. The lowest BCUT2D eigenvalue weighted by atomic mass is 9.77. The second kappa shape index (κ2) is 6.15. The van der Waals surface area contributed by atoms with Gasteiger partial charge in [0.2, 0.25) is 0 Å². The number of rotatable bonds is 4. The molecule has 0 saturated heterocycles. The molecule has 0 aromatic carbocycles. The normalized spacial score (nSPS) is 26.4. The van der Waals surface area contributed by atoms with Crippen LogP contribution < -0.4 is 0 Å². The molecule has 0 heterocycles. The molecule has 0 spiro atoms. The van der Waals surface area contributed by atoms with Gasteiger partial charge in [0.1, 0.15) is 0 Å². The fraction of sp³-hybridized carbons (Fsp3) is 0.667. The van der Waals surface area contributed by atoms with Crippen molar-refractivity contribution < 1.29 is 9.90 Å². The van der Waals surface area contributed by atoms with Crippen LogP contribution in [0.4, 0.5) is 0 Å². The summed E-state index contributed by atoms with van der Waals surface area (Å²) in [6.07, 6.45) is 6.05. The van der Waals surface area contributed by atoms with Crippen molar-refractivity contribution in [2.75, 3.05) is 0 Å². The average molecular weight is 236 g/mol. The maximum Gasteiger partial charge on any atom is 0.158 e. The summed E-state index contributed by atoms with van der Waals surface area (Å²) in [5.41, 5.74) is 2.04. The van der Waals surface area contributed by atoms with Crippen molar-refractivity contribution in [1.82, 2.24) is 0 Å². The van der Waals surface area contributed by atoms with Gasteiger partial charge < -0.3 is 5.11 Å². The lowest BCUT2D eigenvalue weighted by molar-refractivity contribution is -0.118. The Morgan fingerprint density at radius 3 is 2.82 bits per heavy atom. The quantitative estimate of drug-likeness (QED) is 0.761. The first kappa shape index (κ1) is 14.2. The molecule has 0 aromatic heterocycles. The van der Waals surface area contributed by atoms with E-state index in [0.717, 1.165) is 12.8 Å². The summed E-state index contributed by atoms with van der Waals surface area (Å²) in [7, 11) is 0. The van der Waals surface area contributed by atoms with Crippen LogP contribution >= 0.6 is 0 Å². The Balaban J connectivity index is 2.55. The molecule has 0 saturated carbocycles. The van der Waals surface area contributed by atoms with Gasteiger partial charge in [0.25, 0.3) is 0 Å². The Labute approximate surface area is 104 Å². The molecule has 0 amide bonds. The minimum Gasteiger partial charge on any atom is -0.389 e. The van der Waals surface area contributed by atoms with Crippen LogP contribution in [0.5, 0.6) is 0 Å². The van der Waals surface area contributed by atoms with E-state index in [9.17, 15) is 9.90 Å². The number of carbonyl (C=O) groups excluding carboxylic acids is 1. The third-order valence-electron chi connectivity index (χ3n) is 3.63. The van der Waals surface area contributed by atoms with E-state index < -0.39 is 6.10 Å². The fourth-order valence-corrected chi connectivity index (χ4v) is 2.36. The van der Waals surface area contributed by atoms with Gasteiger partial charge >= 0.3 is 0 Å². The van der Waals surface area contributed by atoms with E-state index in [4.69, 9.17) is 0 Å². The predicted octanol–water partition coefficient (Wildman–Crippen LogP) is 3.27. The molecule has 0 aromatic rings. The SMILES string of the molecule is CC(C)=CCC[C@@H](C)[C@H]1CC(=O)C(C)=C[C@@H]1O. The summed E-state index contributed by atoms with van der Waals surface area (Å²) >= 11 is 0. The van der Waals surface area contributed by atoms with Gasteiger partial charge in [-0.2, -0.15) is 0 Å². The van der Waals surface area contributed by atoms with Crippen molar-refractivity contribution in [1.29, 1.82) is 0 Å². The van der Waals surface area contributed by atoms with Crippen molar-refractivity contribution in [2.45, 2.75) is 53.1 Å². The van der Waals surface area contributed by atoms with E-state index in [0.29, 0.717) is 17.9 Å². The first-order chi connectivity index (χ1) is 7.91. The standard InChI is InChI=1S/C15H24O2/c1-10(2)6-5-7-11(3)13-9-14(16)12(4)8-15(13)17/h6,8,11,13,15,17H,5,7,9H2,1-4H3/t11-,13-,15+/m1/s1. The van der Waals surface area contributed by atoms with Gasteiger partial charge in [0, 0.05) is 6.42 Å². The van der Waals surface area contributed by atoms with E-state index in [2.05, 4.69) is 26.8 Å². The molecular formula is C15H24O2. The number of hydrogen-bond acceptors (Lipinski definition) is 2. The lowest BCUT2D eigenvalue weighted by Crippen LogP contribution is -2.32. The molecule has 1 aliphatic carbocycles. The predicted molar refractivity (Wildman–Crippen MR) is 70.7 cm³/mol. The lowest BCUT2D eigenvalue weighted by Gasteiger charge is -2.30. The van der Waals surface area contributed by atoms with Crippen LogP contribution in [0.1, 0.15) is 47.0 Å². The van der Waals surface area contributed by atoms with Crippen molar-refractivity contribution in [3.8, 4) is 0 Å². The number of hydrogen-bond donors (Lipinski definition) is 1. The molecule has 1 rings (SSSR count). The Bertz CT molecular complexity index is 335. The molecule has 0 aliphatic heterocycles.